The van der Waals surface area contributed by atoms with Gasteiger partial charge in [-0.1, -0.05) is 30.7 Å². The molecule has 0 aliphatic rings. The Labute approximate surface area is 169 Å². The predicted octanol–water partition coefficient (Wildman–Crippen LogP) is 4.86. The Kier molecular flexibility index (Phi) is 6.17. The third kappa shape index (κ3) is 4.92. The van der Waals surface area contributed by atoms with Crippen LogP contribution in [0.2, 0.25) is 5.02 Å². The zero-order valence-corrected chi connectivity index (χ0v) is 16.0. The van der Waals surface area contributed by atoms with Gasteiger partial charge in [0.15, 0.2) is 0 Å². The molecule has 0 atom stereocenters. The number of alkyl halides is 3. The Morgan fingerprint density at radius 3 is 2.55 bits per heavy atom. The van der Waals surface area contributed by atoms with Crippen LogP contribution in [0.1, 0.15) is 35.3 Å². The number of amides is 1. The molecule has 0 aliphatic heterocycles. The number of carbonyl (C=O) groups excluding carboxylic acids is 1. The maximum absolute atomic E-state index is 12.7. The van der Waals surface area contributed by atoms with Crippen molar-refractivity contribution in [3.8, 4) is 11.5 Å². The average Bonchev–Trinajstić information content (AvgIpc) is 3.15. The SMILES string of the molecule is CCCN(Cc1nnc(-c2ccccc2Cl)o1)C(=O)c1ccc(C(F)(F)F)nc1. The second-order valence-corrected chi connectivity index (χ2v) is 6.54. The third-order valence-electron chi connectivity index (χ3n) is 3.98. The summed E-state index contributed by atoms with van der Waals surface area (Å²) in [5.74, 6) is -0.0853. The highest BCUT2D eigenvalue weighted by molar-refractivity contribution is 6.33. The number of hydrogen-bond donors (Lipinski definition) is 0. The van der Waals surface area contributed by atoms with E-state index in [0.29, 0.717) is 23.6 Å². The molecule has 0 fully saturated rings. The number of nitrogens with zero attached hydrogens (tertiary/aromatic N) is 4. The summed E-state index contributed by atoms with van der Waals surface area (Å²) in [7, 11) is 0. The Morgan fingerprint density at radius 2 is 1.93 bits per heavy atom. The van der Waals surface area contributed by atoms with Crippen LogP contribution in [0.3, 0.4) is 0 Å². The molecule has 6 nitrogen and oxygen atoms in total. The van der Waals surface area contributed by atoms with Crippen LogP contribution in [0.25, 0.3) is 11.5 Å². The topological polar surface area (TPSA) is 72.1 Å². The summed E-state index contributed by atoms with van der Waals surface area (Å²) in [6, 6.07) is 8.83. The zero-order chi connectivity index (χ0) is 21.0. The highest BCUT2D eigenvalue weighted by Crippen LogP contribution is 2.28. The van der Waals surface area contributed by atoms with Crippen molar-refractivity contribution < 1.29 is 22.4 Å². The van der Waals surface area contributed by atoms with Gasteiger partial charge in [-0.05, 0) is 30.7 Å². The minimum absolute atomic E-state index is 0.00511. The number of benzene rings is 1. The van der Waals surface area contributed by atoms with Crippen molar-refractivity contribution in [2.75, 3.05) is 6.54 Å². The van der Waals surface area contributed by atoms with Crippen molar-refractivity contribution in [3.63, 3.8) is 0 Å². The first-order valence-corrected chi connectivity index (χ1v) is 9.07. The first-order valence-electron chi connectivity index (χ1n) is 8.69. The maximum Gasteiger partial charge on any atom is 0.433 e. The van der Waals surface area contributed by atoms with E-state index in [9.17, 15) is 18.0 Å². The van der Waals surface area contributed by atoms with Crippen LogP contribution in [0, 0.1) is 0 Å². The van der Waals surface area contributed by atoms with Gasteiger partial charge < -0.3 is 9.32 Å². The number of aromatic nitrogens is 3. The molecule has 152 valence electrons. The van der Waals surface area contributed by atoms with Crippen molar-refractivity contribution >= 4 is 17.5 Å². The molecule has 3 aromatic rings. The molecule has 0 unspecified atom stereocenters. The van der Waals surface area contributed by atoms with E-state index in [1.54, 1.807) is 24.3 Å². The fourth-order valence-corrected chi connectivity index (χ4v) is 2.83. The van der Waals surface area contributed by atoms with Crippen molar-refractivity contribution in [2.45, 2.75) is 26.1 Å². The summed E-state index contributed by atoms with van der Waals surface area (Å²) in [6.45, 7) is 2.23. The van der Waals surface area contributed by atoms with E-state index in [-0.39, 0.29) is 23.9 Å². The number of hydrogen-bond acceptors (Lipinski definition) is 5. The van der Waals surface area contributed by atoms with E-state index in [2.05, 4.69) is 15.2 Å². The molecule has 0 radical (unpaired) electrons. The summed E-state index contributed by atoms with van der Waals surface area (Å²) in [5.41, 5.74) is -0.456. The molecule has 0 N–H and O–H groups in total. The number of carbonyl (C=O) groups is 1. The second kappa shape index (κ2) is 8.60. The molecule has 0 saturated heterocycles. The summed E-state index contributed by atoms with van der Waals surface area (Å²) in [5, 5.41) is 8.34. The largest absolute Gasteiger partial charge is 0.433 e. The Bertz CT molecular complexity index is 990. The first kappa shape index (κ1) is 20.8. The lowest BCUT2D eigenvalue weighted by Crippen LogP contribution is -2.31. The van der Waals surface area contributed by atoms with Gasteiger partial charge >= 0.3 is 6.18 Å². The summed E-state index contributed by atoms with van der Waals surface area (Å²) in [4.78, 5) is 17.5. The van der Waals surface area contributed by atoms with Crippen molar-refractivity contribution in [2.24, 2.45) is 0 Å². The van der Waals surface area contributed by atoms with Gasteiger partial charge in [0.1, 0.15) is 5.69 Å². The fourth-order valence-electron chi connectivity index (χ4n) is 2.62. The monoisotopic (exact) mass is 424 g/mol. The minimum atomic E-state index is -4.57. The maximum atomic E-state index is 12.7. The molecule has 3 rings (SSSR count). The first-order chi connectivity index (χ1) is 13.8. The number of rotatable bonds is 6. The van der Waals surface area contributed by atoms with Gasteiger partial charge in [0.05, 0.1) is 22.7 Å². The fraction of sp³-hybridized carbons (Fsp3) is 0.263. The average molecular weight is 425 g/mol. The van der Waals surface area contributed by atoms with Gasteiger partial charge in [0.25, 0.3) is 5.91 Å². The van der Waals surface area contributed by atoms with Crippen LogP contribution >= 0.6 is 11.6 Å². The molecule has 29 heavy (non-hydrogen) atoms. The number of halogens is 4. The van der Waals surface area contributed by atoms with E-state index >= 15 is 0 Å². The summed E-state index contributed by atoms with van der Waals surface area (Å²) < 4.78 is 43.6. The molecule has 2 aromatic heterocycles. The standard InChI is InChI=1S/C19H16ClF3N4O2/c1-2-9-27(18(28)12-7-8-15(24-10-12)19(21,22)23)11-16-25-26-17(29-16)13-5-3-4-6-14(13)20/h3-8,10H,2,9,11H2,1H3. The number of pyridine rings is 1. The van der Waals surface area contributed by atoms with Crippen LogP contribution in [0.5, 0.6) is 0 Å². The predicted molar refractivity (Wildman–Crippen MR) is 99.0 cm³/mol. The Morgan fingerprint density at radius 1 is 1.17 bits per heavy atom. The smallest absolute Gasteiger partial charge is 0.419 e. The lowest BCUT2D eigenvalue weighted by molar-refractivity contribution is -0.141. The molecule has 0 spiro atoms. The van der Waals surface area contributed by atoms with Crippen LogP contribution in [-0.4, -0.2) is 32.5 Å². The molecule has 0 bridgehead atoms. The van der Waals surface area contributed by atoms with Gasteiger partial charge in [-0.3, -0.25) is 9.78 Å². The van der Waals surface area contributed by atoms with Gasteiger partial charge in [-0.25, -0.2) is 0 Å². The molecular weight excluding hydrogens is 409 g/mol. The van der Waals surface area contributed by atoms with Crippen molar-refractivity contribution in [3.05, 3.63) is 64.8 Å². The molecule has 1 amide bonds. The molecule has 2 heterocycles. The Hall–Kier alpha value is -2.94. The minimum Gasteiger partial charge on any atom is -0.419 e. The van der Waals surface area contributed by atoms with Crippen LogP contribution in [0.15, 0.2) is 47.0 Å². The normalized spacial score (nSPS) is 11.5. The third-order valence-corrected chi connectivity index (χ3v) is 4.31. The van der Waals surface area contributed by atoms with Crippen LogP contribution in [-0.2, 0) is 12.7 Å². The molecule has 1 aromatic carbocycles. The lowest BCUT2D eigenvalue weighted by Gasteiger charge is -2.20. The van der Waals surface area contributed by atoms with E-state index in [0.717, 1.165) is 18.3 Å². The van der Waals surface area contributed by atoms with E-state index in [1.807, 2.05) is 6.92 Å². The van der Waals surface area contributed by atoms with Crippen LogP contribution in [0.4, 0.5) is 13.2 Å². The van der Waals surface area contributed by atoms with Gasteiger partial charge in [0, 0.05) is 12.7 Å². The van der Waals surface area contributed by atoms with Crippen LogP contribution < -0.4 is 0 Å². The van der Waals surface area contributed by atoms with Gasteiger partial charge in [-0.15, -0.1) is 10.2 Å². The van der Waals surface area contributed by atoms with Crippen molar-refractivity contribution in [1.29, 1.82) is 0 Å². The molecule has 10 heteroatoms. The Balaban J connectivity index is 1.78. The highest BCUT2D eigenvalue weighted by Gasteiger charge is 2.32. The highest BCUT2D eigenvalue weighted by atomic mass is 35.5. The quantitative estimate of drug-likeness (QED) is 0.565. The van der Waals surface area contributed by atoms with E-state index in [1.165, 1.54) is 4.90 Å². The van der Waals surface area contributed by atoms with E-state index < -0.39 is 17.8 Å². The molecular formula is C19H16ClF3N4O2. The van der Waals surface area contributed by atoms with Crippen molar-refractivity contribution in [1.82, 2.24) is 20.1 Å². The molecule has 0 saturated carbocycles. The van der Waals surface area contributed by atoms with Gasteiger partial charge in [0.2, 0.25) is 11.8 Å². The summed E-state index contributed by atoms with van der Waals surface area (Å²) >= 11 is 6.12. The second-order valence-electron chi connectivity index (χ2n) is 6.14. The van der Waals surface area contributed by atoms with Gasteiger partial charge in [-0.2, -0.15) is 13.2 Å². The zero-order valence-electron chi connectivity index (χ0n) is 15.3. The molecule has 0 aliphatic carbocycles. The summed E-state index contributed by atoms with van der Waals surface area (Å²) in [6.07, 6.45) is -3.02. The van der Waals surface area contributed by atoms with E-state index in [4.69, 9.17) is 16.0 Å². The lowest BCUT2D eigenvalue weighted by atomic mass is 10.2.